The molecule has 2 rings (SSSR count). The predicted molar refractivity (Wildman–Crippen MR) is 62.3 cm³/mol. The summed E-state index contributed by atoms with van der Waals surface area (Å²) >= 11 is 0. The number of rotatable bonds is 3. The maximum absolute atomic E-state index is 5.91. The van der Waals surface area contributed by atoms with Gasteiger partial charge < -0.3 is 10.1 Å². The van der Waals surface area contributed by atoms with E-state index in [4.69, 9.17) is 4.74 Å². The fraction of sp³-hybridized carbons (Fsp3) is 0.538. The van der Waals surface area contributed by atoms with E-state index in [-0.39, 0.29) is 0 Å². The number of benzene rings is 1. The van der Waals surface area contributed by atoms with Gasteiger partial charge in [-0.3, -0.25) is 0 Å². The van der Waals surface area contributed by atoms with Crippen LogP contribution in [0.5, 0.6) is 5.75 Å². The molecule has 2 unspecified atom stereocenters. The molecule has 0 amide bonds. The second-order valence-corrected chi connectivity index (χ2v) is 4.14. The van der Waals surface area contributed by atoms with E-state index in [0.717, 1.165) is 18.7 Å². The highest BCUT2D eigenvalue weighted by molar-refractivity contribution is 5.43. The summed E-state index contributed by atoms with van der Waals surface area (Å²) in [5.41, 5.74) is 2.63. The zero-order valence-corrected chi connectivity index (χ0v) is 9.71. The lowest BCUT2D eigenvalue weighted by Crippen LogP contribution is -2.30. The third-order valence-electron chi connectivity index (χ3n) is 2.98. The Balaban J connectivity index is 2.32. The van der Waals surface area contributed by atoms with Crippen LogP contribution in [0.3, 0.4) is 0 Å². The van der Waals surface area contributed by atoms with E-state index in [1.165, 1.54) is 11.1 Å². The Morgan fingerprint density at radius 2 is 2.13 bits per heavy atom. The van der Waals surface area contributed by atoms with E-state index in [0.29, 0.717) is 12.1 Å². The smallest absolute Gasteiger partial charge is 0.124 e. The van der Waals surface area contributed by atoms with E-state index >= 15 is 0 Å². The van der Waals surface area contributed by atoms with Crippen molar-refractivity contribution in [2.75, 3.05) is 6.54 Å². The topological polar surface area (TPSA) is 21.3 Å². The Morgan fingerprint density at radius 1 is 1.33 bits per heavy atom. The summed E-state index contributed by atoms with van der Waals surface area (Å²) in [4.78, 5) is 0. The minimum absolute atomic E-state index is 0.293. The highest BCUT2D eigenvalue weighted by atomic mass is 16.5. The Kier molecular flexibility index (Phi) is 2.96. The van der Waals surface area contributed by atoms with Gasteiger partial charge in [0.15, 0.2) is 0 Å². The van der Waals surface area contributed by atoms with Crippen molar-refractivity contribution in [2.24, 2.45) is 0 Å². The summed E-state index contributed by atoms with van der Waals surface area (Å²) in [6.45, 7) is 7.43. The van der Waals surface area contributed by atoms with Crippen molar-refractivity contribution in [3.63, 3.8) is 0 Å². The fourth-order valence-electron chi connectivity index (χ4n) is 2.23. The number of fused-ring (bicyclic) bond motifs is 1. The third-order valence-corrected chi connectivity index (χ3v) is 2.98. The average Bonchev–Trinajstić information content (AvgIpc) is 2.57. The summed E-state index contributed by atoms with van der Waals surface area (Å²) < 4.78 is 5.91. The molecule has 0 bridgehead atoms. The summed E-state index contributed by atoms with van der Waals surface area (Å²) in [6, 6.07) is 6.80. The van der Waals surface area contributed by atoms with Crippen molar-refractivity contribution in [3.05, 3.63) is 29.3 Å². The summed E-state index contributed by atoms with van der Waals surface area (Å²) in [7, 11) is 0. The summed E-state index contributed by atoms with van der Waals surface area (Å²) in [5, 5.41) is 3.50. The molecule has 1 aromatic rings. The molecule has 2 atom stereocenters. The van der Waals surface area contributed by atoms with Crippen LogP contribution >= 0.6 is 0 Å². The molecule has 15 heavy (non-hydrogen) atoms. The number of aryl methyl sites for hydroxylation is 1. The Labute approximate surface area is 91.6 Å². The number of nitrogens with one attached hydrogen (secondary N) is 1. The highest BCUT2D eigenvalue weighted by Crippen LogP contribution is 2.38. The fourth-order valence-corrected chi connectivity index (χ4v) is 2.23. The lowest BCUT2D eigenvalue weighted by Gasteiger charge is -2.18. The largest absolute Gasteiger partial charge is 0.488 e. The van der Waals surface area contributed by atoms with E-state index < -0.39 is 0 Å². The van der Waals surface area contributed by atoms with Gasteiger partial charge in [0, 0.05) is 5.56 Å². The lowest BCUT2D eigenvalue weighted by molar-refractivity contribution is 0.186. The van der Waals surface area contributed by atoms with Gasteiger partial charge >= 0.3 is 0 Å². The van der Waals surface area contributed by atoms with Crippen molar-refractivity contribution >= 4 is 0 Å². The summed E-state index contributed by atoms with van der Waals surface area (Å²) in [5.74, 6) is 1.05. The van der Waals surface area contributed by atoms with Gasteiger partial charge in [0.05, 0.1) is 6.04 Å². The molecule has 1 heterocycles. The van der Waals surface area contributed by atoms with Gasteiger partial charge in [-0.2, -0.15) is 0 Å². The molecule has 82 valence electrons. The molecule has 2 nitrogen and oxygen atoms in total. The van der Waals surface area contributed by atoms with Crippen LogP contribution in [0.15, 0.2) is 18.2 Å². The SMILES string of the molecule is CCNC1c2cc(C)ccc2OC1CC. The first-order valence-electron chi connectivity index (χ1n) is 5.76. The molecule has 0 saturated carbocycles. The number of hydrogen-bond donors (Lipinski definition) is 1. The van der Waals surface area contributed by atoms with Crippen molar-refractivity contribution in [1.82, 2.24) is 5.32 Å². The Hall–Kier alpha value is -1.02. The second kappa shape index (κ2) is 4.23. The zero-order chi connectivity index (χ0) is 10.8. The van der Waals surface area contributed by atoms with Crippen molar-refractivity contribution in [2.45, 2.75) is 39.3 Å². The second-order valence-electron chi connectivity index (χ2n) is 4.14. The van der Waals surface area contributed by atoms with Crippen molar-refractivity contribution < 1.29 is 4.74 Å². The lowest BCUT2D eigenvalue weighted by atomic mass is 10.0. The van der Waals surface area contributed by atoms with E-state index in [1.807, 2.05) is 0 Å². The van der Waals surface area contributed by atoms with Crippen LogP contribution in [0, 0.1) is 6.92 Å². The van der Waals surface area contributed by atoms with Gasteiger partial charge in [0.25, 0.3) is 0 Å². The standard InChI is InChI=1S/C13H19NO/c1-4-11-13(14-5-2)10-8-9(3)6-7-12(10)15-11/h6-8,11,13-14H,4-5H2,1-3H3. The molecule has 1 N–H and O–H groups in total. The first-order valence-corrected chi connectivity index (χ1v) is 5.76. The predicted octanol–water partition coefficient (Wildman–Crippen LogP) is 2.82. The normalized spacial score (nSPS) is 23.7. The van der Waals surface area contributed by atoms with E-state index in [9.17, 15) is 0 Å². The van der Waals surface area contributed by atoms with Crippen LogP contribution in [-0.4, -0.2) is 12.6 Å². The van der Waals surface area contributed by atoms with Crippen molar-refractivity contribution in [3.8, 4) is 5.75 Å². The Bertz CT molecular complexity index is 348. The first kappa shape index (κ1) is 10.5. The monoisotopic (exact) mass is 205 g/mol. The van der Waals surface area contributed by atoms with Gasteiger partial charge in [-0.15, -0.1) is 0 Å². The zero-order valence-electron chi connectivity index (χ0n) is 9.71. The van der Waals surface area contributed by atoms with E-state index in [1.54, 1.807) is 0 Å². The number of ether oxygens (including phenoxy) is 1. The molecule has 2 heteroatoms. The average molecular weight is 205 g/mol. The first-order chi connectivity index (χ1) is 7.26. The molecular weight excluding hydrogens is 186 g/mol. The maximum Gasteiger partial charge on any atom is 0.124 e. The van der Waals surface area contributed by atoms with E-state index in [2.05, 4.69) is 44.3 Å². The van der Waals surface area contributed by atoms with Crippen LogP contribution in [0.2, 0.25) is 0 Å². The molecule has 0 saturated heterocycles. The van der Waals surface area contributed by atoms with Gasteiger partial charge in [0.1, 0.15) is 11.9 Å². The van der Waals surface area contributed by atoms with Crippen LogP contribution in [0.25, 0.3) is 0 Å². The maximum atomic E-state index is 5.91. The number of likely N-dealkylation sites (N-methyl/N-ethyl adjacent to an activating group) is 1. The molecule has 0 aliphatic carbocycles. The highest BCUT2D eigenvalue weighted by Gasteiger charge is 2.32. The van der Waals surface area contributed by atoms with Gasteiger partial charge in [-0.05, 0) is 26.0 Å². The third kappa shape index (κ3) is 1.86. The minimum atomic E-state index is 0.293. The van der Waals surface area contributed by atoms with Crippen LogP contribution < -0.4 is 10.1 Å². The molecular formula is C13H19NO. The molecule has 0 spiro atoms. The van der Waals surface area contributed by atoms with Crippen LogP contribution in [0.4, 0.5) is 0 Å². The van der Waals surface area contributed by atoms with Crippen LogP contribution in [0.1, 0.15) is 37.4 Å². The number of hydrogen-bond acceptors (Lipinski definition) is 2. The molecule has 1 aliphatic heterocycles. The molecule has 1 aromatic carbocycles. The van der Waals surface area contributed by atoms with Gasteiger partial charge in [-0.1, -0.05) is 31.5 Å². The van der Waals surface area contributed by atoms with Gasteiger partial charge in [0.2, 0.25) is 0 Å². The summed E-state index contributed by atoms with van der Waals surface area (Å²) in [6.07, 6.45) is 1.34. The van der Waals surface area contributed by atoms with Gasteiger partial charge in [-0.25, -0.2) is 0 Å². The quantitative estimate of drug-likeness (QED) is 0.819. The minimum Gasteiger partial charge on any atom is -0.488 e. The molecule has 0 aromatic heterocycles. The molecule has 0 fully saturated rings. The Morgan fingerprint density at radius 3 is 2.80 bits per heavy atom. The molecule has 1 aliphatic rings. The van der Waals surface area contributed by atoms with Crippen LogP contribution in [-0.2, 0) is 0 Å². The molecule has 0 radical (unpaired) electrons. The van der Waals surface area contributed by atoms with Crippen molar-refractivity contribution in [1.29, 1.82) is 0 Å².